The predicted octanol–water partition coefficient (Wildman–Crippen LogP) is 3.38. The van der Waals surface area contributed by atoms with Gasteiger partial charge in [0.2, 0.25) is 0 Å². The molecule has 0 radical (unpaired) electrons. The van der Waals surface area contributed by atoms with E-state index in [0.717, 1.165) is 15.6 Å². The SMILES string of the molecule is Cc1c(Br)[nH]c2c(F)cccc12. The van der Waals surface area contributed by atoms with Crippen LogP contribution in [-0.2, 0) is 0 Å². The van der Waals surface area contributed by atoms with Crippen molar-refractivity contribution in [1.29, 1.82) is 0 Å². The van der Waals surface area contributed by atoms with Crippen LogP contribution in [0.3, 0.4) is 0 Å². The van der Waals surface area contributed by atoms with Crippen molar-refractivity contribution >= 4 is 26.8 Å². The number of hydrogen-bond donors (Lipinski definition) is 1. The van der Waals surface area contributed by atoms with E-state index in [1.807, 2.05) is 13.0 Å². The van der Waals surface area contributed by atoms with Gasteiger partial charge in [-0.1, -0.05) is 12.1 Å². The topological polar surface area (TPSA) is 15.8 Å². The molecule has 0 spiro atoms. The zero-order valence-electron chi connectivity index (χ0n) is 6.49. The Morgan fingerprint density at radius 3 is 2.83 bits per heavy atom. The van der Waals surface area contributed by atoms with Crippen LogP contribution >= 0.6 is 15.9 Å². The molecule has 3 heteroatoms. The van der Waals surface area contributed by atoms with Crippen LogP contribution in [0.5, 0.6) is 0 Å². The summed E-state index contributed by atoms with van der Waals surface area (Å²) in [5.41, 5.74) is 1.62. The molecule has 0 saturated carbocycles. The molecular weight excluding hydrogens is 221 g/mol. The number of hydrogen-bond acceptors (Lipinski definition) is 0. The molecule has 0 bridgehead atoms. The number of rotatable bonds is 0. The largest absolute Gasteiger partial charge is 0.347 e. The fraction of sp³-hybridized carbons (Fsp3) is 0.111. The molecule has 62 valence electrons. The van der Waals surface area contributed by atoms with Crippen molar-refractivity contribution < 1.29 is 4.39 Å². The first-order valence-electron chi connectivity index (χ1n) is 3.62. The molecule has 12 heavy (non-hydrogen) atoms. The van der Waals surface area contributed by atoms with Crippen LogP contribution in [0.2, 0.25) is 0 Å². The number of benzene rings is 1. The lowest BCUT2D eigenvalue weighted by molar-refractivity contribution is 0.637. The molecule has 1 aromatic heterocycles. The van der Waals surface area contributed by atoms with Crippen LogP contribution in [0.1, 0.15) is 5.56 Å². The van der Waals surface area contributed by atoms with E-state index in [1.54, 1.807) is 6.07 Å². The number of aromatic nitrogens is 1. The Bertz CT molecular complexity index is 433. The predicted molar refractivity (Wildman–Crippen MR) is 50.7 cm³/mol. The fourth-order valence-electron chi connectivity index (χ4n) is 1.29. The third-order valence-electron chi connectivity index (χ3n) is 1.98. The van der Waals surface area contributed by atoms with Crippen LogP contribution < -0.4 is 0 Å². The molecule has 1 N–H and O–H groups in total. The summed E-state index contributed by atoms with van der Waals surface area (Å²) in [6, 6.07) is 5.06. The van der Waals surface area contributed by atoms with E-state index in [4.69, 9.17) is 0 Å². The Hall–Kier alpha value is -0.830. The summed E-state index contributed by atoms with van der Waals surface area (Å²) in [6.07, 6.45) is 0. The van der Waals surface area contributed by atoms with Gasteiger partial charge in [0.1, 0.15) is 5.82 Å². The first kappa shape index (κ1) is 7.80. The molecular formula is C9H7BrFN. The molecule has 0 fully saturated rings. The Balaban J connectivity index is 2.95. The highest BCUT2D eigenvalue weighted by atomic mass is 79.9. The van der Waals surface area contributed by atoms with E-state index in [0.29, 0.717) is 5.52 Å². The zero-order chi connectivity index (χ0) is 8.72. The molecule has 0 aliphatic heterocycles. The monoisotopic (exact) mass is 227 g/mol. The summed E-state index contributed by atoms with van der Waals surface area (Å²) >= 11 is 3.32. The minimum absolute atomic E-state index is 0.207. The summed E-state index contributed by atoms with van der Waals surface area (Å²) in [6.45, 7) is 1.95. The van der Waals surface area contributed by atoms with Gasteiger partial charge in [0.05, 0.1) is 10.1 Å². The van der Waals surface area contributed by atoms with E-state index in [-0.39, 0.29) is 5.82 Å². The minimum Gasteiger partial charge on any atom is -0.347 e. The second-order valence-electron chi connectivity index (χ2n) is 2.73. The van der Waals surface area contributed by atoms with Gasteiger partial charge in [-0.25, -0.2) is 4.39 Å². The quantitative estimate of drug-likeness (QED) is 0.711. The first-order chi connectivity index (χ1) is 5.70. The van der Waals surface area contributed by atoms with Crippen LogP contribution in [0, 0.1) is 12.7 Å². The number of halogens is 2. The van der Waals surface area contributed by atoms with Crippen molar-refractivity contribution in [2.75, 3.05) is 0 Å². The average Bonchev–Trinajstić information content (AvgIpc) is 2.32. The number of H-pyrrole nitrogens is 1. The van der Waals surface area contributed by atoms with Gasteiger partial charge in [-0.3, -0.25) is 0 Å². The lowest BCUT2D eigenvalue weighted by Gasteiger charge is -1.90. The maximum Gasteiger partial charge on any atom is 0.147 e. The Morgan fingerprint density at radius 2 is 2.17 bits per heavy atom. The molecule has 2 rings (SSSR count). The molecule has 0 saturated heterocycles. The van der Waals surface area contributed by atoms with Crippen LogP contribution in [0.4, 0.5) is 4.39 Å². The van der Waals surface area contributed by atoms with Gasteiger partial charge in [-0.05, 0) is 34.5 Å². The molecule has 0 aliphatic rings. The minimum atomic E-state index is -0.207. The lowest BCUT2D eigenvalue weighted by Crippen LogP contribution is -1.75. The first-order valence-corrected chi connectivity index (χ1v) is 4.41. The van der Waals surface area contributed by atoms with Crippen molar-refractivity contribution in [3.05, 3.63) is 34.2 Å². The standard InChI is InChI=1S/C9H7BrFN/c1-5-6-3-2-4-7(11)8(6)12-9(5)10/h2-4,12H,1H3. The normalized spacial score (nSPS) is 10.9. The summed E-state index contributed by atoms with van der Waals surface area (Å²) in [4.78, 5) is 2.94. The van der Waals surface area contributed by atoms with E-state index in [2.05, 4.69) is 20.9 Å². The maximum absolute atomic E-state index is 13.1. The Labute approximate surface area is 77.7 Å². The molecule has 1 nitrogen and oxygen atoms in total. The van der Waals surface area contributed by atoms with Gasteiger partial charge in [0.15, 0.2) is 0 Å². The van der Waals surface area contributed by atoms with Crippen LogP contribution in [-0.4, -0.2) is 4.98 Å². The number of nitrogens with one attached hydrogen (secondary N) is 1. The molecule has 0 unspecified atom stereocenters. The van der Waals surface area contributed by atoms with E-state index < -0.39 is 0 Å². The summed E-state index contributed by atoms with van der Waals surface area (Å²) in [5, 5.41) is 0.932. The van der Waals surface area contributed by atoms with Crippen molar-refractivity contribution in [3.8, 4) is 0 Å². The Morgan fingerprint density at radius 1 is 1.42 bits per heavy atom. The van der Waals surface area contributed by atoms with Gasteiger partial charge in [0, 0.05) is 5.39 Å². The van der Waals surface area contributed by atoms with Crippen LogP contribution in [0.15, 0.2) is 22.8 Å². The molecule has 1 aromatic carbocycles. The number of fused-ring (bicyclic) bond motifs is 1. The van der Waals surface area contributed by atoms with E-state index in [1.165, 1.54) is 6.07 Å². The van der Waals surface area contributed by atoms with Crippen molar-refractivity contribution in [1.82, 2.24) is 4.98 Å². The highest BCUT2D eigenvalue weighted by Crippen LogP contribution is 2.26. The molecule has 0 atom stereocenters. The summed E-state index contributed by atoms with van der Waals surface area (Å²) < 4.78 is 14.0. The zero-order valence-corrected chi connectivity index (χ0v) is 8.07. The third kappa shape index (κ3) is 0.966. The van der Waals surface area contributed by atoms with E-state index >= 15 is 0 Å². The second-order valence-corrected chi connectivity index (χ2v) is 3.52. The van der Waals surface area contributed by atoms with Crippen molar-refractivity contribution in [2.24, 2.45) is 0 Å². The van der Waals surface area contributed by atoms with Gasteiger partial charge in [-0.2, -0.15) is 0 Å². The van der Waals surface area contributed by atoms with Gasteiger partial charge >= 0.3 is 0 Å². The van der Waals surface area contributed by atoms with Crippen molar-refractivity contribution in [3.63, 3.8) is 0 Å². The van der Waals surface area contributed by atoms with Gasteiger partial charge in [0.25, 0.3) is 0 Å². The number of aromatic amines is 1. The third-order valence-corrected chi connectivity index (χ3v) is 2.77. The van der Waals surface area contributed by atoms with Crippen LogP contribution in [0.25, 0.3) is 10.9 Å². The fourth-order valence-corrected chi connectivity index (χ4v) is 1.70. The average molecular weight is 228 g/mol. The highest BCUT2D eigenvalue weighted by Gasteiger charge is 2.07. The summed E-state index contributed by atoms with van der Waals surface area (Å²) in [7, 11) is 0. The van der Waals surface area contributed by atoms with Gasteiger partial charge in [-0.15, -0.1) is 0 Å². The number of para-hydroxylation sites is 1. The number of aryl methyl sites for hydroxylation is 1. The Kier molecular flexibility index (Phi) is 1.68. The molecule has 0 aliphatic carbocycles. The molecule has 2 aromatic rings. The lowest BCUT2D eigenvalue weighted by atomic mass is 10.2. The highest BCUT2D eigenvalue weighted by molar-refractivity contribution is 9.10. The molecule has 1 heterocycles. The van der Waals surface area contributed by atoms with Crippen molar-refractivity contribution in [2.45, 2.75) is 6.92 Å². The summed E-state index contributed by atoms with van der Waals surface area (Å²) in [5.74, 6) is -0.207. The van der Waals surface area contributed by atoms with E-state index in [9.17, 15) is 4.39 Å². The maximum atomic E-state index is 13.1. The smallest absolute Gasteiger partial charge is 0.147 e. The van der Waals surface area contributed by atoms with Gasteiger partial charge < -0.3 is 4.98 Å². The second kappa shape index (κ2) is 2.59. The molecule has 0 amide bonds.